The van der Waals surface area contributed by atoms with Crippen LogP contribution in [0.5, 0.6) is 0 Å². The lowest BCUT2D eigenvalue weighted by molar-refractivity contribution is 0.643. The minimum Gasteiger partial charge on any atom is -0.330 e. The summed E-state index contributed by atoms with van der Waals surface area (Å²) < 4.78 is 3.03. The maximum Gasteiger partial charge on any atom is 0.107 e. The average molecular weight is 232 g/mol. The lowest BCUT2D eigenvalue weighted by Gasteiger charge is -1.99. The molecule has 0 aromatic carbocycles. The van der Waals surface area contributed by atoms with Crippen LogP contribution in [0.1, 0.15) is 18.9 Å². The van der Waals surface area contributed by atoms with Crippen LogP contribution in [0.2, 0.25) is 0 Å². The van der Waals surface area contributed by atoms with E-state index >= 15 is 0 Å². The first kappa shape index (κ1) is 9.74. The second kappa shape index (κ2) is 4.62. The molecule has 0 fully saturated rings. The summed E-state index contributed by atoms with van der Waals surface area (Å²) in [6.45, 7) is 3.72. The molecule has 0 spiro atoms. The highest BCUT2D eigenvalue weighted by Gasteiger charge is 2.04. The van der Waals surface area contributed by atoms with Crippen molar-refractivity contribution >= 4 is 15.9 Å². The van der Waals surface area contributed by atoms with Gasteiger partial charge in [-0.3, -0.25) is 4.68 Å². The third-order valence-corrected chi connectivity index (χ3v) is 2.71. The van der Waals surface area contributed by atoms with E-state index in [-0.39, 0.29) is 0 Å². The van der Waals surface area contributed by atoms with Gasteiger partial charge in [0.1, 0.15) is 4.60 Å². The van der Waals surface area contributed by atoms with Gasteiger partial charge in [-0.2, -0.15) is 5.10 Å². The molecule has 1 heterocycles. The topological polar surface area (TPSA) is 43.8 Å². The van der Waals surface area contributed by atoms with Crippen LogP contribution in [0.4, 0.5) is 0 Å². The lowest BCUT2D eigenvalue weighted by Crippen LogP contribution is -2.01. The molecule has 0 saturated heterocycles. The first-order valence-corrected chi connectivity index (χ1v) is 4.99. The fourth-order valence-corrected chi connectivity index (χ4v) is 1.73. The van der Waals surface area contributed by atoms with Crippen LogP contribution in [0.25, 0.3) is 0 Å². The Labute approximate surface area is 81.1 Å². The highest BCUT2D eigenvalue weighted by Crippen LogP contribution is 2.17. The highest BCUT2D eigenvalue weighted by atomic mass is 79.9. The third kappa shape index (κ3) is 2.08. The molecule has 68 valence electrons. The summed E-state index contributed by atoms with van der Waals surface area (Å²) in [4.78, 5) is 0. The molecule has 1 rings (SSSR count). The molecule has 1 aromatic heterocycles. The molecule has 0 amide bonds. The van der Waals surface area contributed by atoms with Crippen molar-refractivity contribution in [1.29, 1.82) is 0 Å². The molecule has 4 heteroatoms. The van der Waals surface area contributed by atoms with Gasteiger partial charge < -0.3 is 5.73 Å². The largest absolute Gasteiger partial charge is 0.330 e. The van der Waals surface area contributed by atoms with Gasteiger partial charge in [-0.05, 0) is 42.2 Å². The zero-order valence-electron chi connectivity index (χ0n) is 7.26. The van der Waals surface area contributed by atoms with Gasteiger partial charge in [0.2, 0.25) is 0 Å². The standard InChI is InChI=1S/C8H14BrN3/c1-2-12-8(9)7(6-11-12)4-3-5-10/h6H,2-5,10H2,1H3. The van der Waals surface area contributed by atoms with E-state index in [9.17, 15) is 0 Å². The normalized spacial score (nSPS) is 10.6. The van der Waals surface area contributed by atoms with Crippen LogP contribution in [-0.2, 0) is 13.0 Å². The molecule has 1 aromatic rings. The first-order valence-electron chi connectivity index (χ1n) is 4.19. The molecule has 12 heavy (non-hydrogen) atoms. The predicted molar refractivity (Wildman–Crippen MR) is 53.0 cm³/mol. The maximum atomic E-state index is 5.42. The molecule has 2 N–H and O–H groups in total. The zero-order valence-corrected chi connectivity index (χ0v) is 8.84. The number of nitrogens with zero attached hydrogens (tertiary/aromatic N) is 2. The minimum atomic E-state index is 0.740. The monoisotopic (exact) mass is 231 g/mol. The van der Waals surface area contributed by atoms with E-state index in [1.165, 1.54) is 5.56 Å². The van der Waals surface area contributed by atoms with E-state index in [1.54, 1.807) is 0 Å². The second-order valence-corrected chi connectivity index (χ2v) is 3.42. The minimum absolute atomic E-state index is 0.740. The molecule has 0 bridgehead atoms. The van der Waals surface area contributed by atoms with Crippen molar-refractivity contribution in [1.82, 2.24) is 9.78 Å². The Morgan fingerprint density at radius 2 is 2.42 bits per heavy atom. The summed E-state index contributed by atoms with van der Waals surface area (Å²) in [5, 5.41) is 4.22. The molecule has 3 nitrogen and oxygen atoms in total. The first-order chi connectivity index (χ1) is 5.79. The van der Waals surface area contributed by atoms with Gasteiger partial charge in [-0.1, -0.05) is 0 Å². The Morgan fingerprint density at radius 3 is 2.92 bits per heavy atom. The molecule has 0 aliphatic carbocycles. The van der Waals surface area contributed by atoms with E-state index in [0.717, 1.165) is 30.5 Å². The number of aryl methyl sites for hydroxylation is 2. The summed E-state index contributed by atoms with van der Waals surface area (Å²) in [7, 11) is 0. The van der Waals surface area contributed by atoms with Crippen molar-refractivity contribution in [3.05, 3.63) is 16.4 Å². The van der Waals surface area contributed by atoms with Crippen molar-refractivity contribution in [2.24, 2.45) is 5.73 Å². The van der Waals surface area contributed by atoms with Crippen molar-refractivity contribution in [2.75, 3.05) is 6.54 Å². The molecule has 0 unspecified atom stereocenters. The number of halogens is 1. The van der Waals surface area contributed by atoms with Gasteiger partial charge in [0, 0.05) is 12.1 Å². The van der Waals surface area contributed by atoms with E-state index in [2.05, 4.69) is 28.0 Å². The van der Waals surface area contributed by atoms with E-state index < -0.39 is 0 Å². The molecular formula is C8H14BrN3. The quantitative estimate of drug-likeness (QED) is 0.855. The van der Waals surface area contributed by atoms with Crippen molar-refractivity contribution in [3.8, 4) is 0 Å². The van der Waals surface area contributed by atoms with Crippen molar-refractivity contribution in [3.63, 3.8) is 0 Å². The Hall–Kier alpha value is -0.350. The van der Waals surface area contributed by atoms with Crippen LogP contribution in [-0.4, -0.2) is 16.3 Å². The van der Waals surface area contributed by atoms with Gasteiger partial charge in [0.05, 0.1) is 6.20 Å². The van der Waals surface area contributed by atoms with Crippen LogP contribution >= 0.6 is 15.9 Å². The summed E-state index contributed by atoms with van der Waals surface area (Å²) in [6, 6.07) is 0. The van der Waals surface area contributed by atoms with Crippen LogP contribution in [0, 0.1) is 0 Å². The van der Waals surface area contributed by atoms with Gasteiger partial charge in [-0.25, -0.2) is 0 Å². The SMILES string of the molecule is CCn1ncc(CCCN)c1Br. The Kier molecular flexibility index (Phi) is 3.75. The van der Waals surface area contributed by atoms with E-state index in [4.69, 9.17) is 5.73 Å². The Bertz CT molecular complexity index is 244. The van der Waals surface area contributed by atoms with Gasteiger partial charge in [0.15, 0.2) is 0 Å². The van der Waals surface area contributed by atoms with Crippen molar-refractivity contribution < 1.29 is 0 Å². The summed E-state index contributed by atoms with van der Waals surface area (Å²) in [5.74, 6) is 0. The third-order valence-electron chi connectivity index (χ3n) is 1.79. The van der Waals surface area contributed by atoms with Crippen LogP contribution in [0.15, 0.2) is 10.8 Å². The Morgan fingerprint density at radius 1 is 1.67 bits per heavy atom. The summed E-state index contributed by atoms with van der Waals surface area (Å²) in [6.07, 6.45) is 3.94. The molecule has 0 atom stereocenters. The van der Waals surface area contributed by atoms with E-state index in [1.807, 2.05) is 10.9 Å². The number of aromatic nitrogens is 2. The lowest BCUT2D eigenvalue weighted by atomic mass is 10.2. The molecule has 0 aliphatic rings. The van der Waals surface area contributed by atoms with Crippen LogP contribution in [0.3, 0.4) is 0 Å². The summed E-state index contributed by atoms with van der Waals surface area (Å²) >= 11 is 3.50. The number of hydrogen-bond acceptors (Lipinski definition) is 2. The second-order valence-electron chi connectivity index (χ2n) is 2.67. The predicted octanol–water partition coefficient (Wildman–Crippen LogP) is 1.56. The molecule has 0 radical (unpaired) electrons. The zero-order chi connectivity index (χ0) is 8.97. The fourth-order valence-electron chi connectivity index (χ4n) is 1.09. The summed E-state index contributed by atoms with van der Waals surface area (Å²) in [5.41, 5.74) is 6.68. The van der Waals surface area contributed by atoms with Gasteiger partial charge >= 0.3 is 0 Å². The maximum absolute atomic E-state index is 5.42. The number of hydrogen-bond donors (Lipinski definition) is 1. The number of nitrogens with two attached hydrogens (primary N) is 1. The fraction of sp³-hybridized carbons (Fsp3) is 0.625. The smallest absolute Gasteiger partial charge is 0.107 e. The molecular weight excluding hydrogens is 218 g/mol. The van der Waals surface area contributed by atoms with Gasteiger partial charge in [0.25, 0.3) is 0 Å². The highest BCUT2D eigenvalue weighted by molar-refractivity contribution is 9.10. The number of rotatable bonds is 4. The van der Waals surface area contributed by atoms with Gasteiger partial charge in [-0.15, -0.1) is 0 Å². The molecule has 0 saturated carbocycles. The average Bonchev–Trinajstić information content (AvgIpc) is 2.43. The van der Waals surface area contributed by atoms with Crippen molar-refractivity contribution in [2.45, 2.75) is 26.3 Å². The molecule has 0 aliphatic heterocycles. The Balaban J connectivity index is 2.66. The van der Waals surface area contributed by atoms with E-state index in [0.29, 0.717) is 0 Å². The van der Waals surface area contributed by atoms with Crippen LogP contribution < -0.4 is 5.73 Å².